The summed E-state index contributed by atoms with van der Waals surface area (Å²) >= 11 is 6.93. The molecular weight excluding hydrogens is 602 g/mol. The van der Waals surface area contributed by atoms with Crippen LogP contribution >= 0.6 is 31.9 Å². The van der Waals surface area contributed by atoms with Gasteiger partial charge < -0.3 is 20.5 Å². The summed E-state index contributed by atoms with van der Waals surface area (Å²) in [6.07, 6.45) is 12.5. The van der Waals surface area contributed by atoms with E-state index in [2.05, 4.69) is 56.3 Å². The highest BCUT2D eigenvalue weighted by Gasteiger charge is 2.15. The van der Waals surface area contributed by atoms with Gasteiger partial charge in [0.15, 0.2) is 6.07 Å². The molecule has 0 radical (unpaired) electrons. The maximum absolute atomic E-state index is 12.2. The number of halogens is 2. The Morgan fingerprint density at radius 3 is 2.08 bits per heavy atom. The lowest BCUT2D eigenvalue weighted by molar-refractivity contribution is -0.121. The summed E-state index contributed by atoms with van der Waals surface area (Å²) in [6.45, 7) is 5.40. The average Bonchev–Trinajstić information content (AvgIpc) is 2.86. The van der Waals surface area contributed by atoms with Gasteiger partial charge in [0, 0.05) is 19.5 Å². The van der Waals surface area contributed by atoms with E-state index in [4.69, 9.17) is 10.00 Å². The summed E-state index contributed by atoms with van der Waals surface area (Å²) in [4.78, 5) is 23.1. The molecule has 0 fully saturated rings. The standard InChI is InChI=1S/C28H43Br2N3O4/c1-21(2)13-10-8-6-4-3-5-7-9-11-14-26(35)33-20-25(34)22-17-23(29)28(24(30)18-22)37-16-12-15-32-27(36)19-31/h17-18,21,25,34H,3-16,20H2,1-2H3,(H,32,36)(H,33,35). The molecule has 2 amide bonds. The molecule has 0 saturated carbocycles. The number of carbonyl (C=O) groups is 2. The Hall–Kier alpha value is -1.63. The number of hydrogen-bond acceptors (Lipinski definition) is 5. The number of hydrogen-bond donors (Lipinski definition) is 3. The third kappa shape index (κ3) is 16.0. The number of benzene rings is 1. The molecule has 208 valence electrons. The highest BCUT2D eigenvalue weighted by Crippen LogP contribution is 2.36. The van der Waals surface area contributed by atoms with Crippen molar-refractivity contribution in [1.29, 1.82) is 5.26 Å². The second-order valence-electron chi connectivity index (χ2n) is 9.82. The minimum atomic E-state index is -0.840. The summed E-state index contributed by atoms with van der Waals surface area (Å²) < 4.78 is 7.08. The summed E-state index contributed by atoms with van der Waals surface area (Å²) in [5, 5.41) is 24.3. The zero-order valence-electron chi connectivity index (χ0n) is 22.3. The molecule has 0 spiro atoms. The number of nitrogens with one attached hydrogen (secondary N) is 2. The molecule has 0 aromatic heterocycles. The van der Waals surface area contributed by atoms with E-state index in [-0.39, 0.29) is 12.5 Å². The van der Waals surface area contributed by atoms with Gasteiger partial charge in [-0.3, -0.25) is 9.59 Å². The summed E-state index contributed by atoms with van der Waals surface area (Å²) in [7, 11) is 0. The lowest BCUT2D eigenvalue weighted by Gasteiger charge is -2.16. The second kappa shape index (κ2) is 20.3. The molecule has 1 aromatic rings. The molecular formula is C28H43Br2N3O4. The minimum absolute atomic E-state index is 0.0363. The van der Waals surface area contributed by atoms with Crippen molar-refractivity contribution in [3.63, 3.8) is 0 Å². The van der Waals surface area contributed by atoms with Crippen molar-refractivity contribution in [3.8, 4) is 11.8 Å². The number of ether oxygens (including phenoxy) is 1. The van der Waals surface area contributed by atoms with Crippen LogP contribution in [0.4, 0.5) is 0 Å². The third-order valence-electron chi connectivity index (χ3n) is 6.04. The summed E-state index contributed by atoms with van der Waals surface area (Å²) in [5.74, 6) is 0.693. The van der Waals surface area contributed by atoms with Gasteiger partial charge in [-0.1, -0.05) is 71.6 Å². The number of carbonyl (C=O) groups excluding carboxylic acids is 2. The highest BCUT2D eigenvalue weighted by molar-refractivity contribution is 9.11. The first-order valence-corrected chi connectivity index (χ1v) is 15.1. The van der Waals surface area contributed by atoms with Crippen LogP contribution in [-0.4, -0.2) is 36.6 Å². The van der Waals surface area contributed by atoms with E-state index >= 15 is 0 Å². The van der Waals surface area contributed by atoms with Crippen LogP contribution < -0.4 is 15.4 Å². The average molecular weight is 645 g/mol. The molecule has 0 aliphatic heterocycles. The van der Waals surface area contributed by atoms with Crippen LogP contribution in [0.2, 0.25) is 0 Å². The monoisotopic (exact) mass is 643 g/mol. The molecule has 1 rings (SSSR count). The van der Waals surface area contributed by atoms with Gasteiger partial charge in [0.1, 0.15) is 5.75 Å². The van der Waals surface area contributed by atoms with Gasteiger partial charge >= 0.3 is 5.91 Å². The third-order valence-corrected chi connectivity index (χ3v) is 7.22. The number of unbranched alkanes of at least 4 members (excludes halogenated alkanes) is 8. The topological polar surface area (TPSA) is 111 Å². The Morgan fingerprint density at radius 1 is 0.946 bits per heavy atom. The van der Waals surface area contributed by atoms with Gasteiger partial charge in [-0.05, 0) is 68.3 Å². The Bertz CT molecular complexity index is 835. The Balaban J connectivity index is 2.21. The SMILES string of the molecule is CC(C)CCCCCCCCCCCC(=O)NCC(O)c1cc(Br)c(OCCCNC(=O)C#N)c(Br)c1. The van der Waals surface area contributed by atoms with Crippen molar-refractivity contribution >= 4 is 43.7 Å². The van der Waals surface area contributed by atoms with Crippen LogP contribution in [0.1, 0.15) is 103 Å². The van der Waals surface area contributed by atoms with Crippen LogP contribution in [0, 0.1) is 17.2 Å². The first-order valence-electron chi connectivity index (χ1n) is 13.5. The van der Waals surface area contributed by atoms with E-state index in [9.17, 15) is 14.7 Å². The molecule has 37 heavy (non-hydrogen) atoms. The van der Waals surface area contributed by atoms with Gasteiger partial charge in [-0.25, -0.2) is 0 Å². The molecule has 7 nitrogen and oxygen atoms in total. The number of aliphatic hydroxyl groups is 1. The fourth-order valence-corrected chi connectivity index (χ4v) is 5.34. The minimum Gasteiger partial charge on any atom is -0.491 e. The predicted molar refractivity (Wildman–Crippen MR) is 154 cm³/mol. The largest absolute Gasteiger partial charge is 0.491 e. The van der Waals surface area contributed by atoms with E-state index in [0.29, 0.717) is 46.3 Å². The first kappa shape index (κ1) is 33.4. The van der Waals surface area contributed by atoms with E-state index in [1.165, 1.54) is 57.4 Å². The van der Waals surface area contributed by atoms with Crippen molar-refractivity contribution in [1.82, 2.24) is 10.6 Å². The van der Waals surface area contributed by atoms with Crippen LogP contribution in [0.25, 0.3) is 0 Å². The molecule has 1 aromatic carbocycles. The van der Waals surface area contributed by atoms with Gasteiger partial charge in [0.25, 0.3) is 0 Å². The second-order valence-corrected chi connectivity index (χ2v) is 11.5. The maximum atomic E-state index is 12.2. The van der Waals surface area contributed by atoms with E-state index < -0.39 is 12.0 Å². The fourth-order valence-electron chi connectivity index (χ4n) is 3.89. The zero-order valence-corrected chi connectivity index (χ0v) is 25.5. The normalized spacial score (nSPS) is 11.7. The van der Waals surface area contributed by atoms with Crippen LogP contribution in [0.3, 0.4) is 0 Å². The molecule has 1 atom stereocenters. The Labute approximate surface area is 239 Å². The lowest BCUT2D eigenvalue weighted by atomic mass is 10.0. The summed E-state index contributed by atoms with van der Waals surface area (Å²) in [6, 6.07) is 5.02. The predicted octanol–water partition coefficient (Wildman–Crippen LogP) is 6.72. The van der Waals surface area contributed by atoms with Gasteiger partial charge in [0.05, 0.1) is 21.7 Å². The molecule has 3 N–H and O–H groups in total. The quantitative estimate of drug-likeness (QED) is 0.108. The zero-order chi connectivity index (χ0) is 27.5. The molecule has 0 heterocycles. The van der Waals surface area contributed by atoms with Crippen LogP contribution in [-0.2, 0) is 9.59 Å². The van der Waals surface area contributed by atoms with Crippen molar-refractivity contribution in [3.05, 3.63) is 26.6 Å². The number of nitrogens with zero attached hydrogens (tertiary/aromatic N) is 1. The molecule has 0 saturated heterocycles. The van der Waals surface area contributed by atoms with Crippen molar-refractivity contribution in [2.24, 2.45) is 5.92 Å². The van der Waals surface area contributed by atoms with Crippen LogP contribution in [0.5, 0.6) is 5.75 Å². The smallest absolute Gasteiger partial charge is 0.322 e. The van der Waals surface area contributed by atoms with Crippen molar-refractivity contribution in [2.75, 3.05) is 19.7 Å². The Kier molecular flexibility index (Phi) is 18.4. The van der Waals surface area contributed by atoms with Crippen LogP contribution in [0.15, 0.2) is 21.1 Å². The highest BCUT2D eigenvalue weighted by atomic mass is 79.9. The summed E-state index contributed by atoms with van der Waals surface area (Å²) in [5.41, 5.74) is 0.650. The van der Waals surface area contributed by atoms with Crippen molar-refractivity contribution in [2.45, 2.75) is 97.0 Å². The first-order chi connectivity index (χ1) is 17.7. The van der Waals surface area contributed by atoms with Gasteiger partial charge in [-0.15, -0.1) is 0 Å². The molecule has 0 aliphatic rings. The van der Waals surface area contributed by atoms with Gasteiger partial charge in [0.2, 0.25) is 5.91 Å². The molecule has 0 bridgehead atoms. The fraction of sp³-hybridized carbons (Fsp3) is 0.679. The molecule has 9 heteroatoms. The van der Waals surface area contributed by atoms with Gasteiger partial charge in [-0.2, -0.15) is 5.26 Å². The van der Waals surface area contributed by atoms with Crippen molar-refractivity contribution < 1.29 is 19.4 Å². The van der Waals surface area contributed by atoms with E-state index in [1.54, 1.807) is 12.1 Å². The van der Waals surface area contributed by atoms with E-state index in [1.807, 2.05) is 0 Å². The number of amides is 2. The number of nitriles is 1. The number of rotatable bonds is 20. The van der Waals surface area contributed by atoms with E-state index in [0.717, 1.165) is 18.8 Å². The number of aliphatic hydroxyl groups excluding tert-OH is 1. The molecule has 0 aliphatic carbocycles. The maximum Gasteiger partial charge on any atom is 0.322 e. The Morgan fingerprint density at radius 2 is 1.51 bits per heavy atom. The lowest BCUT2D eigenvalue weighted by Crippen LogP contribution is -2.28. The molecule has 1 unspecified atom stereocenters.